The summed E-state index contributed by atoms with van der Waals surface area (Å²) in [6.07, 6.45) is 5.39. The van der Waals surface area contributed by atoms with Gasteiger partial charge in [0.05, 0.1) is 0 Å². The maximum atomic E-state index is 2.77. The summed E-state index contributed by atoms with van der Waals surface area (Å²) in [5, 5.41) is 3.63. The molecule has 0 N–H and O–H groups in total. The third-order valence-corrected chi connectivity index (χ3v) is 31.8. The van der Waals surface area contributed by atoms with Crippen LogP contribution in [0.1, 0.15) is 80.3 Å². The van der Waals surface area contributed by atoms with E-state index in [-0.39, 0.29) is 0 Å². The Morgan fingerprint density at radius 3 is 1.38 bits per heavy atom. The van der Waals surface area contributed by atoms with Crippen molar-refractivity contribution in [2.75, 3.05) is 0 Å². The monoisotopic (exact) mass is 732 g/mol. The first kappa shape index (κ1) is 28.2. The molecule has 4 aromatic rings. The molecule has 2 heteroatoms. The average molecular weight is 731 g/mol. The first-order valence-corrected chi connectivity index (χ1v) is 30.2. The van der Waals surface area contributed by atoms with E-state index in [4.69, 9.17) is 0 Å². The van der Waals surface area contributed by atoms with Gasteiger partial charge in [0.1, 0.15) is 0 Å². The Kier molecular flexibility index (Phi) is 6.72. The van der Waals surface area contributed by atoms with Gasteiger partial charge in [0.25, 0.3) is 0 Å². The van der Waals surface area contributed by atoms with Crippen molar-refractivity contribution in [2.24, 2.45) is 0 Å². The number of allylic oxidation sites excluding steroid dienone is 2. The topological polar surface area (TPSA) is 0 Å². The molecule has 4 aromatic carbocycles. The number of fused-ring (bicyclic) bond motifs is 6. The van der Waals surface area contributed by atoms with Crippen molar-refractivity contribution in [3.63, 3.8) is 0 Å². The van der Waals surface area contributed by atoms with Crippen molar-refractivity contribution in [1.29, 1.82) is 0 Å². The van der Waals surface area contributed by atoms with Crippen LogP contribution >= 0.6 is 0 Å². The third-order valence-electron chi connectivity index (χ3n) is 10.8. The molecule has 1 heterocycles. The van der Waals surface area contributed by atoms with Crippen LogP contribution in [0.2, 0.25) is 22.5 Å². The Morgan fingerprint density at radius 2 is 0.976 bits per heavy atom. The van der Waals surface area contributed by atoms with Crippen LogP contribution in [0.15, 0.2) is 95.3 Å². The fourth-order valence-electron chi connectivity index (χ4n) is 8.46. The van der Waals surface area contributed by atoms with Crippen molar-refractivity contribution >= 4 is 20.2 Å². The molecule has 2 unspecified atom stereocenters. The van der Waals surface area contributed by atoms with Gasteiger partial charge in [-0.2, -0.15) is 0 Å². The van der Waals surface area contributed by atoms with E-state index in [0.717, 1.165) is 0 Å². The molecule has 2 aliphatic carbocycles. The summed E-state index contributed by atoms with van der Waals surface area (Å²) >= 11 is -3.00. The van der Waals surface area contributed by atoms with Gasteiger partial charge in [-0.25, -0.2) is 0 Å². The van der Waals surface area contributed by atoms with Gasteiger partial charge in [0, 0.05) is 0 Å². The zero-order valence-corrected chi connectivity index (χ0v) is 31.1. The molecule has 1 fully saturated rings. The molecule has 212 valence electrons. The third kappa shape index (κ3) is 4.15. The van der Waals surface area contributed by atoms with E-state index in [1.165, 1.54) is 44.5 Å². The Morgan fingerprint density at radius 1 is 0.571 bits per heavy atom. The van der Waals surface area contributed by atoms with E-state index in [9.17, 15) is 0 Å². The summed E-state index contributed by atoms with van der Waals surface area (Å²) in [4.78, 5) is 0. The van der Waals surface area contributed by atoms with Crippen LogP contribution in [0.4, 0.5) is 0 Å². The van der Waals surface area contributed by atoms with E-state index in [1.54, 1.807) is 11.1 Å². The zero-order chi connectivity index (χ0) is 29.6. The van der Waals surface area contributed by atoms with Crippen LogP contribution in [-0.4, -0.2) is 8.07 Å². The summed E-state index contributed by atoms with van der Waals surface area (Å²) in [5.74, 6) is 1.07. The van der Waals surface area contributed by atoms with Gasteiger partial charge >= 0.3 is 260 Å². The summed E-state index contributed by atoms with van der Waals surface area (Å²) < 4.78 is 6.89. The maximum absolute atomic E-state index is 3.00. The first-order chi connectivity index (χ1) is 20.0. The number of hydrogen-bond donors (Lipinski definition) is 0. The van der Waals surface area contributed by atoms with Crippen LogP contribution < -0.4 is 0 Å². The Bertz CT molecular complexity index is 1670. The predicted octanol–water partition coefficient (Wildman–Crippen LogP) is 11.9. The molecule has 3 aliphatic rings. The number of rotatable bonds is 4. The zero-order valence-electron chi connectivity index (χ0n) is 26.5. The van der Waals surface area contributed by atoms with E-state index in [0.29, 0.717) is 19.2 Å². The molecule has 1 aliphatic heterocycles. The molecule has 0 saturated carbocycles. The van der Waals surface area contributed by atoms with Crippen LogP contribution in [0.25, 0.3) is 34.4 Å². The summed E-state index contributed by atoms with van der Waals surface area (Å²) in [7, 11) is -1.86. The van der Waals surface area contributed by atoms with Gasteiger partial charge in [-0.15, -0.1) is 0 Å². The second-order valence-electron chi connectivity index (χ2n) is 14.7. The summed E-state index contributed by atoms with van der Waals surface area (Å²) in [5.41, 5.74) is 14.8. The summed E-state index contributed by atoms with van der Waals surface area (Å²) in [6, 6.07) is 33.0. The van der Waals surface area contributed by atoms with Gasteiger partial charge < -0.3 is 0 Å². The van der Waals surface area contributed by atoms with Crippen molar-refractivity contribution in [3.8, 4) is 22.3 Å². The van der Waals surface area contributed by atoms with E-state index in [2.05, 4.69) is 147 Å². The number of hydrogen-bond acceptors (Lipinski definition) is 0. The van der Waals surface area contributed by atoms with Gasteiger partial charge in [-0.1, -0.05) is 0 Å². The van der Waals surface area contributed by atoms with Crippen molar-refractivity contribution < 1.29 is 20.0 Å². The van der Waals surface area contributed by atoms with Crippen LogP contribution in [-0.2, 0) is 20.0 Å². The van der Waals surface area contributed by atoms with Gasteiger partial charge in [-0.3, -0.25) is 0 Å². The van der Waals surface area contributed by atoms with Gasteiger partial charge in [0.15, 0.2) is 0 Å². The molecular weight excluding hydrogens is 687 g/mol. The van der Waals surface area contributed by atoms with Crippen LogP contribution in [0.5, 0.6) is 0 Å². The molecule has 42 heavy (non-hydrogen) atoms. The molecule has 0 amide bonds. The molecule has 1 saturated heterocycles. The SMILES string of the molecule is CC(C)c1cccc(-c2cccc3c2C=C2[CH]3[Hf]([CH3])([CH3])[CH]3C(=Cc4c(-c5cccc(C(C)C)c5)cccc43)[Si]2(C)C)c1. The Balaban J connectivity index is 1.39. The average Bonchev–Trinajstić information content (AvgIpc) is 3.58. The molecular formula is C40H44HfSi. The normalized spacial score (nSPS) is 21.0. The minimum atomic E-state index is -3.00. The molecule has 7 rings (SSSR count). The quantitative estimate of drug-likeness (QED) is 0.183. The molecule has 2 atom stereocenters. The molecule has 0 spiro atoms. The number of benzene rings is 4. The Hall–Kier alpha value is -2.55. The fraction of sp³-hybridized carbons (Fsp3) is 0.300. The minimum absolute atomic E-state index is 0.536. The van der Waals surface area contributed by atoms with Crippen LogP contribution in [0, 0.1) is 0 Å². The molecule has 0 radical (unpaired) electrons. The van der Waals surface area contributed by atoms with Crippen molar-refractivity contribution in [3.05, 3.63) is 129 Å². The molecule has 0 bridgehead atoms. The summed E-state index contributed by atoms with van der Waals surface area (Å²) in [6.45, 7) is 14.5. The fourth-order valence-corrected chi connectivity index (χ4v) is 40.5. The van der Waals surface area contributed by atoms with Crippen LogP contribution in [0.3, 0.4) is 0 Å². The standard InChI is InChI=1S/C38H38Si.2CH3.Hf/c1-25(2)27-11-7-13-29(19-27)35-17-9-15-31-21-33(23-37(31)35)39(5,6)34-22-32-16-10-18-36(38(32)24-34)30-14-8-12-28(20-30)26(3)4;;;/h7-26H,1-6H3;2*1H3;. The first-order valence-electron chi connectivity index (χ1n) is 15.9. The second-order valence-corrected chi connectivity index (χ2v) is 36.3. The van der Waals surface area contributed by atoms with E-state index < -0.39 is 28.0 Å². The van der Waals surface area contributed by atoms with Crippen molar-refractivity contribution in [1.82, 2.24) is 0 Å². The predicted molar refractivity (Wildman–Crippen MR) is 183 cm³/mol. The van der Waals surface area contributed by atoms with E-state index in [1.807, 2.05) is 10.4 Å². The second kappa shape index (κ2) is 9.99. The van der Waals surface area contributed by atoms with Gasteiger partial charge in [0.2, 0.25) is 0 Å². The van der Waals surface area contributed by atoms with E-state index >= 15 is 0 Å². The molecule has 0 aromatic heterocycles. The Labute approximate surface area is 258 Å². The van der Waals surface area contributed by atoms with Crippen molar-refractivity contribution in [2.45, 2.75) is 69.3 Å². The van der Waals surface area contributed by atoms with Gasteiger partial charge in [-0.05, 0) is 0 Å². The molecule has 0 nitrogen and oxygen atoms in total.